The summed E-state index contributed by atoms with van der Waals surface area (Å²) in [4.78, 5) is 23.3. The number of carbonyl (C=O) groups is 2. The van der Waals surface area contributed by atoms with Crippen LogP contribution in [-0.4, -0.2) is 17.9 Å². The summed E-state index contributed by atoms with van der Waals surface area (Å²) in [5, 5.41) is 2.76. The Bertz CT molecular complexity index is 767. The molecule has 3 N–H and O–H groups in total. The third-order valence-corrected chi connectivity index (χ3v) is 3.98. The molecule has 0 fully saturated rings. The molecule has 2 amide bonds. The Labute approximate surface area is 148 Å². The van der Waals surface area contributed by atoms with Crippen LogP contribution in [0.25, 0.3) is 0 Å². The highest BCUT2D eigenvalue weighted by Crippen LogP contribution is 2.24. The summed E-state index contributed by atoms with van der Waals surface area (Å²) in [5.41, 5.74) is 8.57. The summed E-state index contributed by atoms with van der Waals surface area (Å²) in [6.45, 7) is 8.01. The van der Waals surface area contributed by atoms with Crippen molar-refractivity contribution in [1.82, 2.24) is 0 Å². The summed E-state index contributed by atoms with van der Waals surface area (Å²) in [6.07, 6.45) is -0.653. The number of anilines is 1. The van der Waals surface area contributed by atoms with E-state index >= 15 is 0 Å². The van der Waals surface area contributed by atoms with Gasteiger partial charge < -0.3 is 15.8 Å². The van der Waals surface area contributed by atoms with Crippen LogP contribution in [0.2, 0.25) is 0 Å². The molecule has 0 heterocycles. The van der Waals surface area contributed by atoms with E-state index in [-0.39, 0.29) is 5.91 Å². The molecule has 0 aliphatic rings. The second-order valence-electron chi connectivity index (χ2n) is 6.36. The molecule has 0 spiro atoms. The van der Waals surface area contributed by atoms with Gasteiger partial charge >= 0.3 is 0 Å². The quantitative estimate of drug-likeness (QED) is 0.842. The van der Waals surface area contributed by atoms with Gasteiger partial charge in [0.1, 0.15) is 5.75 Å². The Morgan fingerprint density at radius 2 is 1.68 bits per heavy atom. The number of nitrogens with two attached hydrogens (primary N) is 1. The molecule has 0 bridgehead atoms. The van der Waals surface area contributed by atoms with E-state index in [9.17, 15) is 9.59 Å². The molecule has 25 heavy (non-hydrogen) atoms. The van der Waals surface area contributed by atoms with E-state index in [0.29, 0.717) is 22.9 Å². The Balaban J connectivity index is 2.00. The summed E-state index contributed by atoms with van der Waals surface area (Å²) >= 11 is 0. The van der Waals surface area contributed by atoms with Crippen molar-refractivity contribution in [2.75, 3.05) is 5.32 Å². The van der Waals surface area contributed by atoms with Crippen molar-refractivity contribution < 1.29 is 14.3 Å². The maximum Gasteiger partial charge on any atom is 0.265 e. The zero-order valence-corrected chi connectivity index (χ0v) is 15.0. The molecule has 132 valence electrons. The summed E-state index contributed by atoms with van der Waals surface area (Å²) in [5.74, 6) is 0.332. The molecule has 2 aromatic carbocycles. The Morgan fingerprint density at radius 1 is 1.04 bits per heavy atom. The highest BCUT2D eigenvalue weighted by molar-refractivity contribution is 5.96. The van der Waals surface area contributed by atoms with Crippen LogP contribution < -0.4 is 15.8 Å². The number of carbonyl (C=O) groups excluding carboxylic acids is 2. The maximum atomic E-state index is 12.3. The van der Waals surface area contributed by atoms with E-state index < -0.39 is 12.0 Å². The van der Waals surface area contributed by atoms with E-state index in [0.717, 1.165) is 5.56 Å². The average molecular weight is 340 g/mol. The van der Waals surface area contributed by atoms with Crippen LogP contribution in [0.15, 0.2) is 42.5 Å². The Hall–Kier alpha value is -2.82. The van der Waals surface area contributed by atoms with Gasteiger partial charge in [0, 0.05) is 11.3 Å². The molecule has 0 radical (unpaired) electrons. The van der Waals surface area contributed by atoms with Crippen molar-refractivity contribution in [2.24, 2.45) is 5.73 Å². The van der Waals surface area contributed by atoms with Gasteiger partial charge in [-0.05, 0) is 67.3 Å². The largest absolute Gasteiger partial charge is 0.481 e. The predicted octanol–water partition coefficient (Wildman–Crippen LogP) is 3.62. The Kier molecular flexibility index (Phi) is 5.80. The normalized spacial score (nSPS) is 11.9. The van der Waals surface area contributed by atoms with Crippen molar-refractivity contribution in [3.8, 4) is 5.75 Å². The number of aryl methyl sites for hydroxylation is 1. The van der Waals surface area contributed by atoms with Crippen LogP contribution in [0.3, 0.4) is 0 Å². The van der Waals surface area contributed by atoms with Crippen LogP contribution in [0.4, 0.5) is 5.69 Å². The zero-order valence-electron chi connectivity index (χ0n) is 15.0. The molecule has 5 heteroatoms. The Morgan fingerprint density at radius 3 is 2.20 bits per heavy atom. The molecule has 1 unspecified atom stereocenters. The molecule has 0 saturated heterocycles. The number of ether oxygens (including phenoxy) is 1. The van der Waals surface area contributed by atoms with Crippen LogP contribution in [0.1, 0.15) is 48.2 Å². The van der Waals surface area contributed by atoms with E-state index in [4.69, 9.17) is 10.5 Å². The second-order valence-corrected chi connectivity index (χ2v) is 6.36. The van der Waals surface area contributed by atoms with Gasteiger partial charge in [0.15, 0.2) is 6.10 Å². The molecular weight excluding hydrogens is 316 g/mol. The van der Waals surface area contributed by atoms with E-state index in [1.807, 2.05) is 25.1 Å². The average Bonchev–Trinajstić information content (AvgIpc) is 2.55. The van der Waals surface area contributed by atoms with Crippen LogP contribution in [0, 0.1) is 6.92 Å². The topological polar surface area (TPSA) is 81.4 Å². The van der Waals surface area contributed by atoms with Gasteiger partial charge in [0.2, 0.25) is 5.91 Å². The molecule has 2 aromatic rings. The van der Waals surface area contributed by atoms with Crippen molar-refractivity contribution in [3.05, 3.63) is 59.2 Å². The first kappa shape index (κ1) is 18.5. The van der Waals surface area contributed by atoms with E-state index in [1.165, 1.54) is 5.56 Å². The number of hydrogen-bond acceptors (Lipinski definition) is 3. The maximum absolute atomic E-state index is 12.3. The van der Waals surface area contributed by atoms with E-state index in [2.05, 4.69) is 19.2 Å². The number of benzene rings is 2. The first-order chi connectivity index (χ1) is 11.8. The fourth-order valence-electron chi connectivity index (χ4n) is 2.59. The first-order valence-corrected chi connectivity index (χ1v) is 8.26. The van der Waals surface area contributed by atoms with Crippen molar-refractivity contribution in [3.63, 3.8) is 0 Å². The van der Waals surface area contributed by atoms with Gasteiger partial charge in [-0.2, -0.15) is 0 Å². The number of rotatable bonds is 6. The summed E-state index contributed by atoms with van der Waals surface area (Å²) < 4.78 is 5.74. The van der Waals surface area contributed by atoms with Gasteiger partial charge in [-0.3, -0.25) is 9.59 Å². The number of primary amides is 1. The van der Waals surface area contributed by atoms with Crippen molar-refractivity contribution in [2.45, 2.75) is 39.7 Å². The lowest BCUT2D eigenvalue weighted by atomic mass is 9.98. The SMILES string of the molecule is Cc1cc(OC(C)C(=O)Nc2ccc(C(N)=O)cc2)ccc1C(C)C. The number of amides is 2. The second kappa shape index (κ2) is 7.83. The van der Waals surface area contributed by atoms with Crippen LogP contribution in [-0.2, 0) is 4.79 Å². The van der Waals surface area contributed by atoms with Gasteiger partial charge in [0.05, 0.1) is 0 Å². The molecule has 5 nitrogen and oxygen atoms in total. The van der Waals surface area contributed by atoms with Gasteiger partial charge in [0.25, 0.3) is 5.91 Å². The van der Waals surface area contributed by atoms with Gasteiger partial charge in [-0.15, -0.1) is 0 Å². The smallest absolute Gasteiger partial charge is 0.265 e. The molecular formula is C20H24N2O3. The van der Waals surface area contributed by atoms with E-state index in [1.54, 1.807) is 31.2 Å². The number of nitrogens with one attached hydrogen (secondary N) is 1. The standard InChI is InChI=1S/C20H24N2O3/c1-12(2)18-10-9-17(11-13(18)3)25-14(4)20(24)22-16-7-5-15(6-8-16)19(21)23/h5-12,14H,1-4H3,(H2,21,23)(H,22,24). The fourth-order valence-corrected chi connectivity index (χ4v) is 2.59. The highest BCUT2D eigenvalue weighted by atomic mass is 16.5. The summed E-state index contributed by atoms with van der Waals surface area (Å²) in [6, 6.07) is 12.3. The molecule has 2 rings (SSSR count). The fraction of sp³-hybridized carbons (Fsp3) is 0.300. The minimum absolute atomic E-state index is 0.266. The van der Waals surface area contributed by atoms with Crippen molar-refractivity contribution in [1.29, 1.82) is 0 Å². The van der Waals surface area contributed by atoms with Gasteiger partial charge in [-0.1, -0.05) is 19.9 Å². The monoisotopic (exact) mass is 340 g/mol. The third-order valence-electron chi connectivity index (χ3n) is 3.98. The highest BCUT2D eigenvalue weighted by Gasteiger charge is 2.16. The molecule has 1 atom stereocenters. The minimum Gasteiger partial charge on any atom is -0.481 e. The minimum atomic E-state index is -0.653. The van der Waals surface area contributed by atoms with Gasteiger partial charge in [-0.25, -0.2) is 0 Å². The molecule has 0 aromatic heterocycles. The summed E-state index contributed by atoms with van der Waals surface area (Å²) in [7, 11) is 0. The third kappa shape index (κ3) is 4.83. The molecule has 0 aliphatic carbocycles. The predicted molar refractivity (Wildman–Crippen MR) is 98.9 cm³/mol. The zero-order chi connectivity index (χ0) is 18.6. The lowest BCUT2D eigenvalue weighted by Crippen LogP contribution is -2.30. The van der Waals surface area contributed by atoms with Crippen molar-refractivity contribution >= 4 is 17.5 Å². The van der Waals surface area contributed by atoms with Crippen LogP contribution >= 0.6 is 0 Å². The first-order valence-electron chi connectivity index (χ1n) is 8.26. The molecule has 0 saturated carbocycles. The lowest BCUT2D eigenvalue weighted by Gasteiger charge is -2.17. The lowest BCUT2D eigenvalue weighted by molar-refractivity contribution is -0.122. The number of hydrogen-bond donors (Lipinski definition) is 2. The van der Waals surface area contributed by atoms with Crippen LogP contribution in [0.5, 0.6) is 5.75 Å². The molecule has 0 aliphatic heterocycles.